The van der Waals surface area contributed by atoms with E-state index < -0.39 is 0 Å². The number of aryl methyl sites for hydroxylation is 3. The standard InChI is InChI=1S/C20H25N5O/c1-13-6-14(2)8-16(7-13)23-20(26)12-25-17-9-18(25)11-24(10-17)19-4-5-21-15(3)22-19/h4-8,17-18H,9-12H2,1-3H3,(H,23,26). The smallest absolute Gasteiger partial charge is 0.238 e. The quantitative estimate of drug-likeness (QED) is 0.916. The predicted octanol–water partition coefficient (Wildman–Crippen LogP) is 2.30. The zero-order valence-corrected chi connectivity index (χ0v) is 15.6. The molecular formula is C20H25N5O. The van der Waals surface area contributed by atoms with E-state index in [4.69, 9.17) is 0 Å². The van der Waals surface area contributed by atoms with Gasteiger partial charge < -0.3 is 10.2 Å². The number of carbonyl (C=O) groups is 1. The Morgan fingerprint density at radius 1 is 1.15 bits per heavy atom. The van der Waals surface area contributed by atoms with Gasteiger partial charge in [0.2, 0.25) is 5.91 Å². The molecule has 136 valence electrons. The van der Waals surface area contributed by atoms with Crippen LogP contribution < -0.4 is 10.2 Å². The van der Waals surface area contributed by atoms with Gasteiger partial charge in [0.05, 0.1) is 6.54 Å². The highest BCUT2D eigenvalue weighted by molar-refractivity contribution is 5.92. The van der Waals surface area contributed by atoms with Gasteiger partial charge in [0.25, 0.3) is 0 Å². The van der Waals surface area contributed by atoms with E-state index in [0.717, 1.165) is 48.0 Å². The fourth-order valence-corrected chi connectivity index (χ4v) is 4.17. The van der Waals surface area contributed by atoms with Gasteiger partial charge in [0.1, 0.15) is 11.6 Å². The Bertz CT molecular complexity index is 804. The molecule has 1 N–H and O–H groups in total. The van der Waals surface area contributed by atoms with E-state index in [0.29, 0.717) is 18.6 Å². The molecule has 3 aliphatic rings. The van der Waals surface area contributed by atoms with Gasteiger partial charge in [-0.25, -0.2) is 9.97 Å². The van der Waals surface area contributed by atoms with Crippen molar-refractivity contribution in [2.24, 2.45) is 0 Å². The topological polar surface area (TPSA) is 61.4 Å². The van der Waals surface area contributed by atoms with Crippen LogP contribution in [0.1, 0.15) is 23.4 Å². The molecule has 0 aliphatic carbocycles. The molecule has 1 aromatic carbocycles. The van der Waals surface area contributed by atoms with Gasteiger partial charge in [-0.2, -0.15) is 0 Å². The van der Waals surface area contributed by atoms with Gasteiger partial charge in [-0.15, -0.1) is 0 Å². The highest BCUT2D eigenvalue weighted by Crippen LogP contribution is 2.33. The largest absolute Gasteiger partial charge is 0.353 e. The Morgan fingerprint density at radius 2 is 1.85 bits per heavy atom. The molecule has 0 spiro atoms. The van der Waals surface area contributed by atoms with Crippen molar-refractivity contribution in [3.63, 3.8) is 0 Å². The van der Waals surface area contributed by atoms with Crippen LogP contribution in [0.3, 0.4) is 0 Å². The van der Waals surface area contributed by atoms with Crippen LogP contribution in [0.5, 0.6) is 0 Å². The molecule has 0 radical (unpaired) electrons. The average Bonchev–Trinajstić information content (AvgIpc) is 2.59. The van der Waals surface area contributed by atoms with E-state index in [1.54, 1.807) is 0 Å². The lowest BCUT2D eigenvalue weighted by Gasteiger charge is -2.56. The lowest BCUT2D eigenvalue weighted by atomic mass is 9.87. The normalized spacial score (nSPS) is 22.0. The first-order valence-electron chi connectivity index (χ1n) is 9.16. The number of hydrogen-bond acceptors (Lipinski definition) is 5. The molecule has 0 saturated carbocycles. The molecule has 2 aromatic rings. The monoisotopic (exact) mass is 351 g/mol. The summed E-state index contributed by atoms with van der Waals surface area (Å²) in [4.78, 5) is 25.8. The minimum Gasteiger partial charge on any atom is -0.353 e. The van der Waals surface area contributed by atoms with E-state index in [9.17, 15) is 4.79 Å². The average molecular weight is 351 g/mol. The fourth-order valence-electron chi connectivity index (χ4n) is 4.17. The van der Waals surface area contributed by atoms with Crippen LogP contribution in [0, 0.1) is 20.8 Å². The summed E-state index contributed by atoms with van der Waals surface area (Å²) in [5.41, 5.74) is 3.21. The van der Waals surface area contributed by atoms with Crippen LogP contribution in [-0.2, 0) is 4.79 Å². The summed E-state index contributed by atoms with van der Waals surface area (Å²) >= 11 is 0. The summed E-state index contributed by atoms with van der Waals surface area (Å²) in [5, 5.41) is 3.05. The lowest BCUT2D eigenvalue weighted by molar-refractivity contribution is -0.121. The number of fused-ring (bicyclic) bond motifs is 2. The maximum absolute atomic E-state index is 12.5. The van der Waals surface area contributed by atoms with E-state index in [1.165, 1.54) is 0 Å². The minimum atomic E-state index is 0.0658. The Labute approximate surface area is 154 Å². The molecule has 3 aliphatic heterocycles. The number of anilines is 2. The van der Waals surface area contributed by atoms with Crippen molar-refractivity contribution in [2.45, 2.75) is 39.3 Å². The van der Waals surface area contributed by atoms with Gasteiger partial charge in [-0.3, -0.25) is 9.69 Å². The molecule has 2 bridgehead atoms. The molecule has 1 amide bonds. The first kappa shape index (κ1) is 17.0. The Kier molecular flexibility index (Phi) is 4.36. The van der Waals surface area contributed by atoms with E-state index in [-0.39, 0.29) is 5.91 Å². The molecule has 26 heavy (non-hydrogen) atoms. The Balaban J connectivity index is 1.35. The minimum absolute atomic E-state index is 0.0658. The second-order valence-corrected chi connectivity index (χ2v) is 7.51. The zero-order chi connectivity index (χ0) is 18.3. The highest BCUT2D eigenvalue weighted by Gasteiger charge is 2.45. The maximum Gasteiger partial charge on any atom is 0.238 e. The third-order valence-corrected chi connectivity index (χ3v) is 5.26. The van der Waals surface area contributed by atoms with E-state index in [2.05, 4.69) is 31.2 Å². The van der Waals surface area contributed by atoms with Gasteiger partial charge in [0, 0.05) is 37.1 Å². The molecule has 1 aromatic heterocycles. The van der Waals surface area contributed by atoms with E-state index >= 15 is 0 Å². The Hall–Kier alpha value is -2.47. The van der Waals surface area contributed by atoms with Crippen molar-refractivity contribution in [3.8, 4) is 0 Å². The third kappa shape index (κ3) is 3.42. The molecule has 6 heteroatoms. The number of piperazine rings is 1. The number of nitrogens with one attached hydrogen (secondary N) is 1. The third-order valence-electron chi connectivity index (χ3n) is 5.26. The first-order chi connectivity index (χ1) is 12.5. The maximum atomic E-state index is 12.5. The number of nitrogens with zero attached hydrogens (tertiary/aromatic N) is 4. The molecular weight excluding hydrogens is 326 g/mol. The van der Waals surface area contributed by atoms with Gasteiger partial charge in [0.15, 0.2) is 0 Å². The number of benzene rings is 1. The SMILES string of the molecule is Cc1cc(C)cc(NC(=O)CN2C3CC2CN(c2ccnc(C)n2)C3)c1. The van der Waals surface area contributed by atoms with Crippen LogP contribution in [0.4, 0.5) is 11.5 Å². The van der Waals surface area contributed by atoms with Crippen LogP contribution in [0.15, 0.2) is 30.5 Å². The summed E-state index contributed by atoms with van der Waals surface area (Å²) in [5.74, 6) is 1.86. The van der Waals surface area contributed by atoms with Crippen LogP contribution >= 0.6 is 0 Å². The number of hydrogen-bond donors (Lipinski definition) is 1. The van der Waals surface area contributed by atoms with Gasteiger partial charge in [-0.05, 0) is 56.5 Å². The molecule has 3 saturated heterocycles. The number of amides is 1. The lowest BCUT2D eigenvalue weighted by Crippen LogP contribution is -2.69. The summed E-state index contributed by atoms with van der Waals surface area (Å²) in [6, 6.07) is 8.96. The summed E-state index contributed by atoms with van der Waals surface area (Å²) < 4.78 is 0. The number of piperidine rings is 1. The summed E-state index contributed by atoms with van der Waals surface area (Å²) in [7, 11) is 0. The van der Waals surface area contributed by atoms with Crippen molar-refractivity contribution in [3.05, 3.63) is 47.4 Å². The highest BCUT2D eigenvalue weighted by atomic mass is 16.2. The molecule has 6 nitrogen and oxygen atoms in total. The Morgan fingerprint density at radius 3 is 2.50 bits per heavy atom. The van der Waals surface area contributed by atoms with Crippen molar-refractivity contribution in [1.29, 1.82) is 0 Å². The second kappa shape index (κ2) is 6.68. The van der Waals surface area contributed by atoms with Gasteiger partial charge >= 0.3 is 0 Å². The second-order valence-electron chi connectivity index (χ2n) is 7.51. The van der Waals surface area contributed by atoms with Crippen molar-refractivity contribution in [2.75, 3.05) is 29.9 Å². The van der Waals surface area contributed by atoms with Crippen LogP contribution in [0.25, 0.3) is 0 Å². The van der Waals surface area contributed by atoms with Gasteiger partial charge in [-0.1, -0.05) is 6.07 Å². The number of aromatic nitrogens is 2. The summed E-state index contributed by atoms with van der Waals surface area (Å²) in [6.07, 6.45) is 2.98. The number of carbonyl (C=O) groups excluding carboxylic acids is 1. The van der Waals surface area contributed by atoms with Crippen molar-refractivity contribution in [1.82, 2.24) is 14.9 Å². The van der Waals surface area contributed by atoms with Crippen molar-refractivity contribution >= 4 is 17.4 Å². The van der Waals surface area contributed by atoms with E-state index in [1.807, 2.05) is 45.2 Å². The van der Waals surface area contributed by atoms with Crippen molar-refractivity contribution < 1.29 is 4.79 Å². The first-order valence-corrected chi connectivity index (χ1v) is 9.16. The molecule has 3 fully saturated rings. The predicted molar refractivity (Wildman–Crippen MR) is 102 cm³/mol. The zero-order valence-electron chi connectivity index (χ0n) is 15.6. The molecule has 4 heterocycles. The molecule has 2 unspecified atom stereocenters. The van der Waals surface area contributed by atoms with Crippen LogP contribution in [-0.4, -0.2) is 52.5 Å². The fraction of sp³-hybridized carbons (Fsp3) is 0.450. The summed E-state index contributed by atoms with van der Waals surface area (Å²) in [6.45, 7) is 8.31. The number of rotatable bonds is 4. The molecule has 2 atom stereocenters. The molecule has 5 rings (SSSR count). The van der Waals surface area contributed by atoms with Crippen LogP contribution in [0.2, 0.25) is 0 Å².